The zero-order valence-electron chi connectivity index (χ0n) is 15.9. The van der Waals surface area contributed by atoms with Gasteiger partial charge in [0.25, 0.3) is 0 Å². The van der Waals surface area contributed by atoms with E-state index in [1.165, 1.54) is 6.08 Å². The van der Waals surface area contributed by atoms with Crippen molar-refractivity contribution in [1.82, 2.24) is 9.97 Å². The zero-order valence-corrected chi connectivity index (χ0v) is 18.3. The quantitative estimate of drug-likeness (QED) is 0.517. The van der Waals surface area contributed by atoms with Crippen LogP contribution in [0.25, 0.3) is 11.4 Å². The molecule has 31 heavy (non-hydrogen) atoms. The molecule has 1 saturated heterocycles. The normalized spacial score (nSPS) is 17.1. The van der Waals surface area contributed by atoms with E-state index in [9.17, 15) is 22.0 Å². The number of benzene rings is 1. The summed E-state index contributed by atoms with van der Waals surface area (Å²) >= 11 is 5.62. The molecule has 0 unspecified atom stereocenters. The van der Waals surface area contributed by atoms with Gasteiger partial charge in [0.1, 0.15) is 17.5 Å². The van der Waals surface area contributed by atoms with Gasteiger partial charge in [-0.1, -0.05) is 17.2 Å². The predicted molar refractivity (Wildman–Crippen MR) is 113 cm³/mol. The van der Waals surface area contributed by atoms with Crippen molar-refractivity contribution >= 4 is 45.6 Å². The van der Waals surface area contributed by atoms with Crippen molar-refractivity contribution in [2.75, 3.05) is 18.0 Å². The van der Waals surface area contributed by atoms with E-state index in [4.69, 9.17) is 16.7 Å². The highest BCUT2D eigenvalue weighted by atomic mass is 35.5. The lowest BCUT2D eigenvalue weighted by molar-refractivity contribution is -0.131. The summed E-state index contributed by atoms with van der Waals surface area (Å²) in [5.41, 5.74) is 1.26. The summed E-state index contributed by atoms with van der Waals surface area (Å²) in [5, 5.41) is 8.53. The average molecular weight is 492 g/mol. The largest absolute Gasteiger partial charge is 0.478 e. The van der Waals surface area contributed by atoms with Crippen molar-refractivity contribution in [3.8, 4) is 11.4 Å². The Balaban J connectivity index is 0.00000272. The van der Waals surface area contributed by atoms with Crippen LogP contribution in [0.3, 0.4) is 0 Å². The van der Waals surface area contributed by atoms with Gasteiger partial charge in [-0.3, -0.25) is 0 Å². The van der Waals surface area contributed by atoms with Crippen molar-refractivity contribution in [3.63, 3.8) is 0 Å². The highest BCUT2D eigenvalue weighted by molar-refractivity contribution is 7.90. The van der Waals surface area contributed by atoms with Crippen LogP contribution in [-0.4, -0.2) is 42.6 Å². The fourth-order valence-corrected chi connectivity index (χ4v) is 5.31. The summed E-state index contributed by atoms with van der Waals surface area (Å²) in [6, 6.07) is 1.71. The van der Waals surface area contributed by atoms with Crippen molar-refractivity contribution < 1.29 is 27.1 Å². The topological polar surface area (TPSA) is 100 Å². The van der Waals surface area contributed by atoms with E-state index in [0.717, 1.165) is 17.7 Å². The van der Waals surface area contributed by atoms with E-state index in [0.29, 0.717) is 37.3 Å². The fourth-order valence-electron chi connectivity index (χ4n) is 3.66. The minimum atomic E-state index is -3.42. The first kappa shape index (κ1) is 23.4. The number of hydrogen-bond donors (Lipinski definition) is 1. The Bertz CT molecular complexity index is 1200. The van der Waals surface area contributed by atoms with Gasteiger partial charge in [-0.05, 0) is 25.0 Å². The second-order valence-electron chi connectivity index (χ2n) is 7.20. The molecule has 0 spiro atoms. The van der Waals surface area contributed by atoms with Gasteiger partial charge >= 0.3 is 5.97 Å². The van der Waals surface area contributed by atoms with E-state index in [1.54, 1.807) is 0 Å². The molecule has 3 heterocycles. The van der Waals surface area contributed by atoms with Gasteiger partial charge in [-0.15, -0.1) is 12.4 Å². The van der Waals surface area contributed by atoms with Gasteiger partial charge in [0, 0.05) is 24.7 Å². The molecule has 1 N–H and O–H groups in total. The molecule has 166 valence electrons. The Kier molecular flexibility index (Phi) is 6.54. The summed E-state index contributed by atoms with van der Waals surface area (Å²) in [5.74, 6) is -2.99. The number of sulfone groups is 1. The second kappa shape index (κ2) is 8.68. The fraction of sp³-hybridized carbons (Fsp3) is 0.316. The molecule has 1 fully saturated rings. The van der Waals surface area contributed by atoms with E-state index >= 15 is 0 Å². The van der Waals surface area contributed by atoms with E-state index in [1.807, 2.05) is 4.90 Å². The van der Waals surface area contributed by atoms with Gasteiger partial charge in [0.2, 0.25) is 0 Å². The van der Waals surface area contributed by atoms with Crippen LogP contribution in [0.15, 0.2) is 23.8 Å². The first-order valence-electron chi connectivity index (χ1n) is 9.05. The summed E-state index contributed by atoms with van der Waals surface area (Å²) < 4.78 is 52.8. The number of hydrogen-bond acceptors (Lipinski definition) is 6. The molecule has 2 aliphatic heterocycles. The van der Waals surface area contributed by atoms with Crippen molar-refractivity contribution in [3.05, 3.63) is 51.7 Å². The molecule has 0 radical (unpaired) electrons. The standard InChI is InChI=1S/C19H16ClF2N3O4S.ClH/c20-13-7-14(21)11(6-15(13)22)18-23-16-9-30(28,29)8-12(16)19(24-18)25-3-1-10(2-4-25)5-17(26)27;/h5-7H,1-4,8-9H2,(H,26,27);1H. The van der Waals surface area contributed by atoms with Gasteiger partial charge in [0.15, 0.2) is 15.7 Å². The highest BCUT2D eigenvalue weighted by Gasteiger charge is 2.33. The van der Waals surface area contributed by atoms with Crippen LogP contribution in [0.1, 0.15) is 24.1 Å². The maximum atomic E-state index is 14.4. The van der Waals surface area contributed by atoms with Crippen LogP contribution in [0.5, 0.6) is 0 Å². The minimum absolute atomic E-state index is 0. The van der Waals surface area contributed by atoms with Crippen LogP contribution in [0.4, 0.5) is 14.6 Å². The second-order valence-corrected chi connectivity index (χ2v) is 9.67. The third-order valence-corrected chi connectivity index (χ3v) is 6.81. The van der Waals surface area contributed by atoms with Gasteiger partial charge in [-0.25, -0.2) is 32.0 Å². The third-order valence-electron chi connectivity index (χ3n) is 5.08. The third kappa shape index (κ3) is 4.81. The molecule has 0 aliphatic carbocycles. The number of carboxylic acid groups (broad SMARTS) is 1. The smallest absolute Gasteiger partial charge is 0.328 e. The van der Waals surface area contributed by atoms with Crippen molar-refractivity contribution in [1.29, 1.82) is 0 Å². The Morgan fingerprint density at radius 3 is 2.45 bits per heavy atom. The van der Waals surface area contributed by atoms with Crippen molar-refractivity contribution in [2.24, 2.45) is 0 Å². The molecular weight excluding hydrogens is 475 g/mol. The molecule has 12 heteroatoms. The van der Waals surface area contributed by atoms with Crippen molar-refractivity contribution in [2.45, 2.75) is 24.3 Å². The Morgan fingerprint density at radius 2 is 1.81 bits per heavy atom. The minimum Gasteiger partial charge on any atom is -0.478 e. The molecule has 1 aromatic heterocycles. The molecule has 0 bridgehead atoms. The van der Waals surface area contributed by atoms with Crippen LogP contribution in [-0.2, 0) is 26.1 Å². The Morgan fingerprint density at radius 1 is 1.13 bits per heavy atom. The first-order chi connectivity index (χ1) is 14.1. The molecule has 0 atom stereocenters. The number of anilines is 1. The molecule has 7 nitrogen and oxygen atoms in total. The van der Waals surface area contributed by atoms with Crippen LogP contribution >= 0.6 is 24.0 Å². The maximum absolute atomic E-state index is 14.4. The monoisotopic (exact) mass is 491 g/mol. The lowest BCUT2D eigenvalue weighted by Crippen LogP contribution is -2.32. The summed E-state index contributed by atoms with van der Waals surface area (Å²) in [4.78, 5) is 21.3. The summed E-state index contributed by atoms with van der Waals surface area (Å²) in [6.45, 7) is 0.832. The molecular formula is C19H17Cl2F2N3O4S. The van der Waals surface area contributed by atoms with Gasteiger partial charge in [-0.2, -0.15) is 0 Å². The number of halogens is 4. The number of aliphatic carboxylic acids is 1. The lowest BCUT2D eigenvalue weighted by Gasteiger charge is -2.30. The molecule has 0 amide bonds. The predicted octanol–water partition coefficient (Wildman–Crippen LogP) is 3.54. The summed E-state index contributed by atoms with van der Waals surface area (Å²) in [6.07, 6.45) is 2.11. The first-order valence-corrected chi connectivity index (χ1v) is 11.3. The SMILES string of the molecule is Cl.O=C(O)C=C1CCN(c2nc(-c3cc(F)c(Cl)cc3F)nc3c2CS(=O)(=O)C3)CC1. The number of rotatable bonds is 3. The lowest BCUT2D eigenvalue weighted by atomic mass is 10.0. The number of carboxylic acids is 1. The number of piperidine rings is 1. The zero-order chi connectivity index (χ0) is 21.6. The number of aromatic nitrogens is 2. The van der Waals surface area contributed by atoms with Gasteiger partial charge in [0.05, 0.1) is 27.8 Å². The Labute approximate surface area is 188 Å². The number of fused-ring (bicyclic) bond motifs is 1. The molecule has 0 saturated carbocycles. The van der Waals surface area contributed by atoms with Crippen LogP contribution in [0.2, 0.25) is 5.02 Å². The Hall–Kier alpha value is -2.30. The molecule has 2 aromatic rings. The van der Waals surface area contributed by atoms with Crippen LogP contribution < -0.4 is 4.90 Å². The van der Waals surface area contributed by atoms with Crippen LogP contribution in [0, 0.1) is 11.6 Å². The van der Waals surface area contributed by atoms with E-state index in [-0.39, 0.29) is 46.0 Å². The number of nitrogens with zero attached hydrogens (tertiary/aromatic N) is 3. The molecule has 2 aliphatic rings. The van der Waals surface area contributed by atoms with E-state index < -0.39 is 27.4 Å². The highest BCUT2D eigenvalue weighted by Crippen LogP contribution is 2.36. The van der Waals surface area contributed by atoms with Gasteiger partial charge < -0.3 is 10.0 Å². The molecule has 4 rings (SSSR count). The number of carbonyl (C=O) groups is 1. The molecule has 1 aromatic carbocycles. The summed E-state index contributed by atoms with van der Waals surface area (Å²) in [7, 11) is -3.42. The average Bonchev–Trinajstić information content (AvgIpc) is 2.98. The van der Waals surface area contributed by atoms with E-state index in [2.05, 4.69) is 9.97 Å². The maximum Gasteiger partial charge on any atom is 0.328 e.